The van der Waals surface area contributed by atoms with Gasteiger partial charge in [-0.15, -0.1) is 0 Å². The molecule has 1 aromatic carbocycles. The van der Waals surface area contributed by atoms with E-state index in [0.29, 0.717) is 0 Å². The quantitative estimate of drug-likeness (QED) is 0.851. The SMILES string of the molecule is CC(=O)c1nn(-c2c(F)cc(C#N)cc2F)c(Br)c1N. The van der Waals surface area contributed by atoms with Gasteiger partial charge in [-0.2, -0.15) is 10.4 Å². The van der Waals surface area contributed by atoms with Crippen molar-refractivity contribution < 1.29 is 13.6 Å². The molecule has 0 amide bonds. The third kappa shape index (κ3) is 2.16. The minimum atomic E-state index is -0.986. The summed E-state index contributed by atoms with van der Waals surface area (Å²) in [6, 6.07) is 3.38. The molecule has 1 heterocycles. The first kappa shape index (κ1) is 14.1. The van der Waals surface area contributed by atoms with E-state index in [9.17, 15) is 13.6 Å². The van der Waals surface area contributed by atoms with Gasteiger partial charge in [0.25, 0.3) is 0 Å². The van der Waals surface area contributed by atoms with Crippen LogP contribution in [0, 0.1) is 23.0 Å². The number of halogens is 3. The summed E-state index contributed by atoms with van der Waals surface area (Å²) in [7, 11) is 0. The van der Waals surface area contributed by atoms with Gasteiger partial charge in [-0.3, -0.25) is 4.79 Å². The number of ketones is 1. The number of benzene rings is 1. The smallest absolute Gasteiger partial charge is 0.182 e. The third-order valence-electron chi connectivity index (χ3n) is 2.55. The van der Waals surface area contributed by atoms with Crippen LogP contribution in [0.2, 0.25) is 0 Å². The van der Waals surface area contributed by atoms with E-state index < -0.39 is 23.1 Å². The monoisotopic (exact) mass is 340 g/mol. The molecule has 0 aliphatic carbocycles. The number of Topliss-reactive ketones (excluding diaryl/α,β-unsaturated/α-hetero) is 1. The van der Waals surface area contributed by atoms with Crippen LogP contribution in [0.1, 0.15) is 23.0 Å². The molecule has 0 bridgehead atoms. The molecule has 102 valence electrons. The van der Waals surface area contributed by atoms with Crippen molar-refractivity contribution in [1.82, 2.24) is 9.78 Å². The Hall–Kier alpha value is -2.27. The average molecular weight is 341 g/mol. The maximum Gasteiger partial charge on any atom is 0.182 e. The van der Waals surface area contributed by atoms with Crippen molar-refractivity contribution in [3.63, 3.8) is 0 Å². The van der Waals surface area contributed by atoms with E-state index in [1.165, 1.54) is 6.92 Å². The Labute approximate surface area is 120 Å². The van der Waals surface area contributed by atoms with Gasteiger partial charge in [0, 0.05) is 6.92 Å². The minimum absolute atomic E-state index is 0.0133. The van der Waals surface area contributed by atoms with E-state index in [1.54, 1.807) is 6.07 Å². The Morgan fingerprint density at radius 1 is 1.45 bits per heavy atom. The second-order valence-corrected chi connectivity index (χ2v) is 4.67. The fourth-order valence-electron chi connectivity index (χ4n) is 1.65. The van der Waals surface area contributed by atoms with E-state index >= 15 is 0 Å². The summed E-state index contributed by atoms with van der Waals surface area (Å²) in [6.07, 6.45) is 0. The molecule has 0 unspecified atom stereocenters. The number of rotatable bonds is 2. The zero-order chi connectivity index (χ0) is 15.0. The van der Waals surface area contributed by atoms with E-state index in [2.05, 4.69) is 21.0 Å². The predicted molar refractivity (Wildman–Crippen MR) is 70.3 cm³/mol. The average Bonchev–Trinajstić information content (AvgIpc) is 2.66. The number of nitriles is 1. The molecule has 2 aromatic rings. The highest BCUT2D eigenvalue weighted by atomic mass is 79.9. The van der Waals surface area contributed by atoms with Crippen LogP contribution in [0.3, 0.4) is 0 Å². The van der Waals surface area contributed by atoms with Crippen molar-refractivity contribution in [3.8, 4) is 11.8 Å². The molecule has 20 heavy (non-hydrogen) atoms. The van der Waals surface area contributed by atoms with Gasteiger partial charge < -0.3 is 5.73 Å². The molecule has 2 N–H and O–H groups in total. The van der Waals surface area contributed by atoms with E-state index in [1.807, 2.05) is 0 Å². The third-order valence-corrected chi connectivity index (χ3v) is 3.32. The number of nitrogen functional groups attached to an aromatic ring is 1. The Kier molecular flexibility index (Phi) is 3.55. The highest BCUT2D eigenvalue weighted by Gasteiger charge is 2.22. The Balaban J connectivity index is 2.73. The summed E-state index contributed by atoms with van der Waals surface area (Å²) >= 11 is 3.03. The van der Waals surface area contributed by atoms with Crippen LogP contribution in [-0.2, 0) is 0 Å². The molecule has 2 rings (SSSR count). The molecule has 0 aliphatic heterocycles. The lowest BCUT2D eigenvalue weighted by Gasteiger charge is -2.06. The van der Waals surface area contributed by atoms with Crippen LogP contribution in [0.5, 0.6) is 0 Å². The molecule has 0 atom stereocenters. The lowest BCUT2D eigenvalue weighted by Crippen LogP contribution is -2.06. The van der Waals surface area contributed by atoms with Crippen LogP contribution in [0.15, 0.2) is 16.7 Å². The van der Waals surface area contributed by atoms with Gasteiger partial charge in [-0.05, 0) is 28.1 Å². The first-order chi connectivity index (χ1) is 9.36. The lowest BCUT2D eigenvalue weighted by atomic mass is 10.2. The highest BCUT2D eigenvalue weighted by Crippen LogP contribution is 2.29. The van der Waals surface area contributed by atoms with Crippen LogP contribution in [0.4, 0.5) is 14.5 Å². The van der Waals surface area contributed by atoms with E-state index in [4.69, 9.17) is 11.0 Å². The summed E-state index contributed by atoms with van der Waals surface area (Å²) in [4.78, 5) is 11.3. The van der Waals surface area contributed by atoms with Gasteiger partial charge in [0.2, 0.25) is 0 Å². The van der Waals surface area contributed by atoms with Gasteiger partial charge in [0.05, 0.1) is 17.3 Å². The van der Waals surface area contributed by atoms with Gasteiger partial charge in [-0.1, -0.05) is 0 Å². The van der Waals surface area contributed by atoms with Gasteiger partial charge in [-0.25, -0.2) is 13.5 Å². The lowest BCUT2D eigenvalue weighted by molar-refractivity contribution is 0.101. The van der Waals surface area contributed by atoms with Gasteiger partial charge >= 0.3 is 0 Å². The summed E-state index contributed by atoms with van der Waals surface area (Å²) in [5.74, 6) is -2.41. The Morgan fingerprint density at radius 3 is 2.40 bits per heavy atom. The van der Waals surface area contributed by atoms with Crippen molar-refractivity contribution in [2.45, 2.75) is 6.92 Å². The molecule has 0 aliphatic rings. The van der Waals surface area contributed by atoms with E-state index in [-0.39, 0.29) is 21.5 Å². The zero-order valence-corrected chi connectivity index (χ0v) is 11.7. The molecule has 0 saturated carbocycles. The van der Waals surface area contributed by atoms with Crippen LogP contribution >= 0.6 is 15.9 Å². The summed E-state index contributed by atoms with van der Waals surface area (Å²) in [6.45, 7) is 1.24. The second-order valence-electron chi connectivity index (χ2n) is 3.92. The maximum absolute atomic E-state index is 13.9. The summed E-state index contributed by atoms with van der Waals surface area (Å²) < 4.78 is 28.7. The fourth-order valence-corrected chi connectivity index (χ4v) is 2.09. The molecule has 0 saturated heterocycles. The molecule has 0 radical (unpaired) electrons. The molecule has 0 spiro atoms. The molecular weight excluding hydrogens is 334 g/mol. The summed E-state index contributed by atoms with van der Waals surface area (Å²) in [5, 5.41) is 12.4. The van der Waals surface area contributed by atoms with Crippen molar-refractivity contribution >= 4 is 27.4 Å². The van der Waals surface area contributed by atoms with Crippen molar-refractivity contribution in [1.29, 1.82) is 5.26 Å². The summed E-state index contributed by atoms with van der Waals surface area (Å²) in [5.41, 5.74) is 4.86. The van der Waals surface area contributed by atoms with E-state index in [0.717, 1.165) is 16.8 Å². The van der Waals surface area contributed by atoms with Crippen molar-refractivity contribution in [3.05, 3.63) is 39.6 Å². The zero-order valence-electron chi connectivity index (χ0n) is 10.1. The molecule has 8 heteroatoms. The minimum Gasteiger partial charge on any atom is -0.395 e. The second kappa shape index (κ2) is 5.02. The topological polar surface area (TPSA) is 84.7 Å². The number of hydrogen-bond acceptors (Lipinski definition) is 4. The molecule has 5 nitrogen and oxygen atoms in total. The van der Waals surface area contributed by atoms with Crippen molar-refractivity contribution in [2.75, 3.05) is 5.73 Å². The molecular formula is C12H7BrF2N4O. The molecule has 0 fully saturated rings. The first-order valence-electron chi connectivity index (χ1n) is 5.31. The standard InChI is InChI=1S/C12H7BrF2N4O/c1-5(20)10-9(17)12(13)19(18-10)11-7(14)2-6(4-16)3-8(11)15/h2-3H,17H2,1H3. The maximum atomic E-state index is 13.9. The number of anilines is 1. The normalized spacial score (nSPS) is 10.3. The number of aromatic nitrogens is 2. The fraction of sp³-hybridized carbons (Fsp3) is 0.0833. The van der Waals surface area contributed by atoms with Crippen molar-refractivity contribution in [2.24, 2.45) is 0 Å². The Morgan fingerprint density at radius 2 is 2.00 bits per heavy atom. The van der Waals surface area contributed by atoms with Crippen LogP contribution in [0.25, 0.3) is 5.69 Å². The predicted octanol–water partition coefficient (Wildman–Crippen LogP) is 2.57. The largest absolute Gasteiger partial charge is 0.395 e. The van der Waals surface area contributed by atoms with Gasteiger partial charge in [0.1, 0.15) is 10.3 Å². The number of carbonyl (C=O) groups is 1. The van der Waals surface area contributed by atoms with Crippen LogP contribution < -0.4 is 5.73 Å². The number of carbonyl (C=O) groups excluding carboxylic acids is 1. The number of nitrogens with two attached hydrogens (primary N) is 1. The van der Waals surface area contributed by atoms with Crippen LogP contribution in [-0.4, -0.2) is 15.6 Å². The van der Waals surface area contributed by atoms with Gasteiger partial charge in [0.15, 0.2) is 23.1 Å². The number of nitrogens with zero attached hydrogens (tertiary/aromatic N) is 3. The molecule has 1 aromatic heterocycles. The first-order valence-corrected chi connectivity index (χ1v) is 6.10. The number of hydrogen-bond donors (Lipinski definition) is 1. The Bertz CT molecular complexity index is 741. The highest BCUT2D eigenvalue weighted by molar-refractivity contribution is 9.10.